The number of hydrogen-bond donors (Lipinski definition) is 0. The van der Waals surface area contributed by atoms with E-state index >= 15 is 0 Å². The van der Waals surface area contributed by atoms with Crippen molar-refractivity contribution in [3.63, 3.8) is 0 Å². The third kappa shape index (κ3) is 3.21. The van der Waals surface area contributed by atoms with Crippen LogP contribution in [0.3, 0.4) is 0 Å². The third-order valence-corrected chi connectivity index (χ3v) is 9.14. The molecule has 2 fully saturated rings. The zero-order valence-electron chi connectivity index (χ0n) is 14.8. The van der Waals surface area contributed by atoms with E-state index in [9.17, 15) is 4.79 Å². The Morgan fingerprint density at radius 2 is 2.12 bits per heavy atom. The maximum atomic E-state index is 13.1. The van der Waals surface area contributed by atoms with Crippen LogP contribution < -0.4 is 4.46 Å². The fourth-order valence-electron chi connectivity index (χ4n) is 4.73. The Morgan fingerprint density at radius 1 is 1.38 bits per heavy atom. The minimum atomic E-state index is -0.310. The number of ether oxygens (including phenoxy) is 1. The number of benzene rings is 1. The van der Waals surface area contributed by atoms with Crippen LogP contribution in [0.2, 0.25) is 4.31 Å². The molecule has 3 rings (SSSR count). The summed E-state index contributed by atoms with van der Waals surface area (Å²) in [5.74, 6) is 1.36. The van der Waals surface area contributed by atoms with E-state index in [-0.39, 0.29) is 30.7 Å². The Labute approximate surface area is 152 Å². The Balaban J connectivity index is 1.91. The van der Waals surface area contributed by atoms with Gasteiger partial charge in [-0.05, 0) is 0 Å². The second kappa shape index (κ2) is 7.06. The second-order valence-electron chi connectivity index (χ2n) is 7.71. The van der Waals surface area contributed by atoms with E-state index in [1.54, 1.807) is 6.08 Å². The molecule has 0 spiro atoms. The van der Waals surface area contributed by atoms with Gasteiger partial charge in [-0.1, -0.05) is 0 Å². The van der Waals surface area contributed by atoms with Gasteiger partial charge in [-0.2, -0.15) is 0 Å². The number of esters is 1. The van der Waals surface area contributed by atoms with Gasteiger partial charge in [-0.15, -0.1) is 0 Å². The van der Waals surface area contributed by atoms with Gasteiger partial charge in [0.15, 0.2) is 0 Å². The van der Waals surface area contributed by atoms with Crippen LogP contribution in [-0.4, -0.2) is 27.5 Å². The molecular formula is C21H28O2Se. The Bertz CT molecular complexity index is 599. The molecule has 2 aliphatic carbocycles. The summed E-state index contributed by atoms with van der Waals surface area (Å²) in [4.78, 5) is 13.1. The van der Waals surface area contributed by atoms with Gasteiger partial charge in [0.1, 0.15) is 0 Å². The van der Waals surface area contributed by atoms with Gasteiger partial charge in [-0.3, -0.25) is 0 Å². The van der Waals surface area contributed by atoms with Crippen LogP contribution in [0.25, 0.3) is 0 Å². The first-order chi connectivity index (χ1) is 11.5. The summed E-state index contributed by atoms with van der Waals surface area (Å²) in [5, 5.41) is 0. The molecule has 130 valence electrons. The molecule has 24 heavy (non-hydrogen) atoms. The third-order valence-electron chi connectivity index (χ3n) is 6.25. The normalized spacial score (nSPS) is 35.2. The van der Waals surface area contributed by atoms with Crippen LogP contribution in [-0.2, 0) is 9.53 Å². The van der Waals surface area contributed by atoms with Crippen LogP contribution in [0, 0.1) is 17.3 Å². The van der Waals surface area contributed by atoms with Crippen molar-refractivity contribution in [2.24, 2.45) is 17.3 Å². The monoisotopic (exact) mass is 392 g/mol. The van der Waals surface area contributed by atoms with Crippen molar-refractivity contribution in [3.8, 4) is 0 Å². The van der Waals surface area contributed by atoms with Crippen molar-refractivity contribution >= 4 is 25.4 Å². The van der Waals surface area contributed by atoms with E-state index in [4.69, 9.17) is 4.74 Å². The summed E-state index contributed by atoms with van der Waals surface area (Å²) in [7, 11) is 0. The molecule has 0 radical (unpaired) electrons. The molecule has 0 bridgehead atoms. The van der Waals surface area contributed by atoms with Gasteiger partial charge < -0.3 is 0 Å². The minimum absolute atomic E-state index is 0.00841. The average molecular weight is 391 g/mol. The first-order valence-corrected chi connectivity index (χ1v) is 10.7. The van der Waals surface area contributed by atoms with Gasteiger partial charge in [0, 0.05) is 0 Å². The van der Waals surface area contributed by atoms with E-state index in [1.807, 2.05) is 6.07 Å². The molecule has 3 heteroatoms. The summed E-state index contributed by atoms with van der Waals surface area (Å²) in [6.07, 6.45) is 7.52. The number of fused-ring (bicyclic) bond motifs is 1. The summed E-state index contributed by atoms with van der Waals surface area (Å²) >= 11 is 0.104. The molecule has 0 saturated heterocycles. The van der Waals surface area contributed by atoms with Crippen molar-refractivity contribution in [1.29, 1.82) is 0 Å². The summed E-state index contributed by atoms with van der Waals surface area (Å²) in [5.41, 5.74) is 0.280. The van der Waals surface area contributed by atoms with E-state index in [2.05, 4.69) is 44.7 Å². The number of hydrogen-bond acceptors (Lipinski definition) is 2. The van der Waals surface area contributed by atoms with Crippen molar-refractivity contribution in [1.82, 2.24) is 0 Å². The molecule has 0 aromatic heterocycles. The summed E-state index contributed by atoms with van der Waals surface area (Å²) in [6, 6.07) is 10.5. The van der Waals surface area contributed by atoms with Crippen LogP contribution in [0.15, 0.2) is 43.0 Å². The number of carbonyl (C=O) groups is 1. The zero-order valence-corrected chi connectivity index (χ0v) is 16.5. The first kappa shape index (κ1) is 17.8. The van der Waals surface area contributed by atoms with Crippen molar-refractivity contribution in [2.75, 3.05) is 6.61 Å². The predicted molar refractivity (Wildman–Crippen MR) is 99.5 cm³/mol. The Morgan fingerprint density at radius 3 is 2.79 bits per heavy atom. The molecule has 0 amide bonds. The van der Waals surface area contributed by atoms with Gasteiger partial charge in [0.05, 0.1) is 0 Å². The van der Waals surface area contributed by atoms with Crippen LogP contribution in [0.1, 0.15) is 46.0 Å². The fourth-order valence-corrected chi connectivity index (χ4v) is 7.99. The molecule has 2 saturated carbocycles. The number of rotatable bonds is 5. The van der Waals surface area contributed by atoms with Gasteiger partial charge in [-0.25, -0.2) is 0 Å². The molecule has 2 nitrogen and oxygen atoms in total. The van der Waals surface area contributed by atoms with Crippen molar-refractivity contribution in [2.45, 2.75) is 50.3 Å². The first-order valence-electron chi connectivity index (χ1n) is 9.02. The van der Waals surface area contributed by atoms with Crippen LogP contribution >= 0.6 is 0 Å². The molecule has 1 aromatic rings. The topological polar surface area (TPSA) is 26.3 Å². The standard InChI is InChI=1S/C21H28O2Se/c1-4-13-23-19(22)21(24-18-11-6-5-7-12-18)14-17-10-8-9-16(2)20(17,3)15-21/h4-7,11-12,16-17H,1,8-10,13-15H2,2-3H3/t16-,17-,20+,21?/m0/s1. The van der Waals surface area contributed by atoms with E-state index in [0.717, 1.165) is 12.8 Å². The molecule has 1 unspecified atom stereocenters. The summed E-state index contributed by atoms with van der Waals surface area (Å²) in [6.45, 7) is 8.82. The van der Waals surface area contributed by atoms with Crippen LogP contribution in [0.5, 0.6) is 0 Å². The number of carbonyl (C=O) groups excluding carboxylic acids is 1. The summed E-state index contributed by atoms with van der Waals surface area (Å²) < 4.78 is 6.59. The molecule has 2 aliphatic rings. The zero-order chi connectivity index (χ0) is 17.2. The van der Waals surface area contributed by atoms with E-state index in [1.165, 1.54) is 23.7 Å². The maximum absolute atomic E-state index is 13.1. The molecular weight excluding hydrogens is 363 g/mol. The SMILES string of the molecule is C=CCOC(=O)C1([Se]c2ccccc2)C[C@@H]2CCC[C@H](C)[C@@]2(C)C1. The quantitative estimate of drug-likeness (QED) is 0.428. The van der Waals surface area contributed by atoms with E-state index < -0.39 is 0 Å². The van der Waals surface area contributed by atoms with Gasteiger partial charge in [0.25, 0.3) is 0 Å². The van der Waals surface area contributed by atoms with E-state index in [0.29, 0.717) is 18.4 Å². The Hall–Kier alpha value is -1.05. The van der Waals surface area contributed by atoms with Crippen LogP contribution in [0.4, 0.5) is 0 Å². The average Bonchev–Trinajstić information content (AvgIpc) is 2.88. The van der Waals surface area contributed by atoms with Crippen molar-refractivity contribution in [3.05, 3.63) is 43.0 Å². The molecule has 0 aliphatic heterocycles. The molecule has 0 N–H and O–H groups in total. The molecule has 1 aromatic carbocycles. The molecule has 0 heterocycles. The van der Waals surface area contributed by atoms with Gasteiger partial charge >= 0.3 is 152 Å². The fraction of sp³-hybridized carbons (Fsp3) is 0.571. The second-order valence-corrected chi connectivity index (χ2v) is 10.8. The Kier molecular flexibility index (Phi) is 5.22. The van der Waals surface area contributed by atoms with Crippen molar-refractivity contribution < 1.29 is 9.53 Å². The predicted octanol–water partition coefficient (Wildman–Crippen LogP) is 4.14. The van der Waals surface area contributed by atoms with Gasteiger partial charge in [0.2, 0.25) is 0 Å². The molecule has 4 atom stereocenters.